The number of aldehydes is 1. The van der Waals surface area contributed by atoms with Gasteiger partial charge in [0, 0.05) is 14.1 Å². The van der Waals surface area contributed by atoms with Gasteiger partial charge in [-0.2, -0.15) is 0 Å². The van der Waals surface area contributed by atoms with Crippen LogP contribution < -0.4 is 0 Å². The maximum atomic E-state index is 11.5. The van der Waals surface area contributed by atoms with Crippen LogP contribution in [0.4, 0.5) is 0 Å². The normalized spacial score (nSPS) is 9.77. The van der Waals surface area contributed by atoms with E-state index in [1.165, 1.54) is 4.90 Å². The molecule has 1 heterocycles. The van der Waals surface area contributed by atoms with E-state index in [-0.39, 0.29) is 17.2 Å². The maximum absolute atomic E-state index is 11.5. The SMILES string of the molecule is Cc1noc(C=O)c1C(=O)N(C)C. The first-order valence-corrected chi connectivity index (χ1v) is 3.71. The van der Waals surface area contributed by atoms with Crippen molar-refractivity contribution >= 4 is 12.2 Å². The van der Waals surface area contributed by atoms with Crippen LogP contribution in [0.15, 0.2) is 4.52 Å². The second-order valence-electron chi connectivity index (χ2n) is 2.82. The standard InChI is InChI=1S/C8H10N2O3/c1-5-7(8(12)10(2)3)6(4-11)13-9-5/h4H,1-3H3. The van der Waals surface area contributed by atoms with Crippen molar-refractivity contribution in [1.82, 2.24) is 10.1 Å². The predicted octanol–water partition coefficient (Wildman–Crippen LogP) is 0.497. The van der Waals surface area contributed by atoms with Gasteiger partial charge in [-0.05, 0) is 6.92 Å². The van der Waals surface area contributed by atoms with E-state index in [1.54, 1.807) is 21.0 Å². The summed E-state index contributed by atoms with van der Waals surface area (Å²) in [5.74, 6) is -0.294. The largest absolute Gasteiger partial charge is 0.352 e. The molecule has 0 aliphatic rings. The summed E-state index contributed by atoms with van der Waals surface area (Å²) in [4.78, 5) is 23.3. The Morgan fingerprint density at radius 2 is 2.15 bits per heavy atom. The molecule has 0 unspecified atom stereocenters. The number of aromatic nitrogens is 1. The van der Waals surface area contributed by atoms with Crippen LogP contribution in [0.25, 0.3) is 0 Å². The summed E-state index contributed by atoms with van der Waals surface area (Å²) >= 11 is 0. The Labute approximate surface area is 75.3 Å². The highest BCUT2D eigenvalue weighted by molar-refractivity contribution is 6.00. The molecule has 0 spiro atoms. The number of amides is 1. The molecule has 5 nitrogen and oxygen atoms in total. The second kappa shape index (κ2) is 3.38. The van der Waals surface area contributed by atoms with Gasteiger partial charge in [0.2, 0.25) is 5.76 Å². The van der Waals surface area contributed by atoms with Gasteiger partial charge in [-0.15, -0.1) is 0 Å². The Hall–Kier alpha value is -1.65. The van der Waals surface area contributed by atoms with E-state index in [0.717, 1.165) is 0 Å². The summed E-state index contributed by atoms with van der Waals surface area (Å²) in [6.45, 7) is 1.62. The molecular formula is C8H10N2O3. The van der Waals surface area contributed by atoms with Gasteiger partial charge < -0.3 is 9.42 Å². The van der Waals surface area contributed by atoms with E-state index in [4.69, 9.17) is 0 Å². The summed E-state index contributed by atoms with van der Waals surface area (Å²) < 4.78 is 4.65. The van der Waals surface area contributed by atoms with Gasteiger partial charge in [-0.1, -0.05) is 5.16 Å². The van der Waals surface area contributed by atoms with E-state index in [0.29, 0.717) is 12.0 Å². The van der Waals surface area contributed by atoms with Crippen molar-refractivity contribution in [3.05, 3.63) is 17.0 Å². The Kier molecular flexibility index (Phi) is 2.46. The van der Waals surface area contributed by atoms with Crippen molar-refractivity contribution in [3.63, 3.8) is 0 Å². The smallest absolute Gasteiger partial charge is 0.259 e. The molecule has 0 bridgehead atoms. The average molecular weight is 182 g/mol. The molecule has 0 saturated heterocycles. The fraction of sp³-hybridized carbons (Fsp3) is 0.375. The highest BCUT2D eigenvalue weighted by Gasteiger charge is 2.20. The average Bonchev–Trinajstić information content (AvgIpc) is 2.45. The summed E-state index contributed by atoms with van der Waals surface area (Å²) in [6, 6.07) is 0. The van der Waals surface area contributed by atoms with Gasteiger partial charge >= 0.3 is 0 Å². The number of carbonyl (C=O) groups is 2. The Morgan fingerprint density at radius 3 is 2.62 bits per heavy atom. The van der Waals surface area contributed by atoms with Crippen LogP contribution in [0, 0.1) is 6.92 Å². The number of carbonyl (C=O) groups excluding carboxylic acids is 2. The minimum Gasteiger partial charge on any atom is -0.352 e. The predicted molar refractivity (Wildman–Crippen MR) is 44.6 cm³/mol. The van der Waals surface area contributed by atoms with E-state index < -0.39 is 0 Å². The van der Waals surface area contributed by atoms with Gasteiger partial charge in [0.1, 0.15) is 5.56 Å². The van der Waals surface area contributed by atoms with E-state index in [9.17, 15) is 9.59 Å². The molecule has 5 heteroatoms. The van der Waals surface area contributed by atoms with Crippen LogP contribution in [-0.2, 0) is 0 Å². The zero-order valence-corrected chi connectivity index (χ0v) is 7.70. The van der Waals surface area contributed by atoms with Crippen LogP contribution in [-0.4, -0.2) is 36.3 Å². The first-order chi connectivity index (χ1) is 6.07. The third kappa shape index (κ3) is 1.58. The van der Waals surface area contributed by atoms with Crippen molar-refractivity contribution in [2.75, 3.05) is 14.1 Å². The number of rotatable bonds is 2. The molecule has 0 aliphatic heterocycles. The minimum absolute atomic E-state index is 0.0174. The quantitative estimate of drug-likeness (QED) is 0.624. The second-order valence-corrected chi connectivity index (χ2v) is 2.82. The maximum Gasteiger partial charge on any atom is 0.259 e. The van der Waals surface area contributed by atoms with Crippen molar-refractivity contribution < 1.29 is 14.1 Å². The zero-order valence-electron chi connectivity index (χ0n) is 7.70. The van der Waals surface area contributed by atoms with Crippen LogP contribution in [0.3, 0.4) is 0 Å². The molecule has 70 valence electrons. The van der Waals surface area contributed by atoms with Crippen LogP contribution in [0.5, 0.6) is 0 Å². The molecule has 0 atom stereocenters. The zero-order chi connectivity index (χ0) is 10.0. The lowest BCUT2D eigenvalue weighted by Crippen LogP contribution is -2.23. The lowest BCUT2D eigenvalue weighted by atomic mass is 10.2. The third-order valence-corrected chi connectivity index (χ3v) is 1.62. The van der Waals surface area contributed by atoms with E-state index in [2.05, 4.69) is 9.68 Å². The van der Waals surface area contributed by atoms with Crippen molar-refractivity contribution in [2.24, 2.45) is 0 Å². The van der Waals surface area contributed by atoms with Crippen LogP contribution in [0.1, 0.15) is 26.6 Å². The number of hydrogen-bond acceptors (Lipinski definition) is 4. The number of aryl methyl sites for hydroxylation is 1. The molecule has 0 saturated carbocycles. The minimum atomic E-state index is -0.277. The molecule has 0 fully saturated rings. The summed E-state index contributed by atoms with van der Waals surface area (Å²) in [5, 5.41) is 3.54. The van der Waals surface area contributed by atoms with Gasteiger partial charge in [-0.25, -0.2) is 0 Å². The number of hydrogen-bond donors (Lipinski definition) is 0. The molecule has 1 amide bonds. The molecule has 0 aliphatic carbocycles. The van der Waals surface area contributed by atoms with E-state index >= 15 is 0 Å². The van der Waals surface area contributed by atoms with Crippen molar-refractivity contribution in [2.45, 2.75) is 6.92 Å². The van der Waals surface area contributed by atoms with Gasteiger partial charge in [0.25, 0.3) is 5.91 Å². The monoisotopic (exact) mass is 182 g/mol. The number of nitrogens with zero attached hydrogens (tertiary/aromatic N) is 2. The van der Waals surface area contributed by atoms with Crippen LogP contribution >= 0.6 is 0 Å². The van der Waals surface area contributed by atoms with Gasteiger partial charge in [0.05, 0.1) is 5.69 Å². The summed E-state index contributed by atoms with van der Waals surface area (Å²) in [5.41, 5.74) is 0.667. The molecule has 1 aromatic heterocycles. The topological polar surface area (TPSA) is 63.4 Å². The molecule has 0 N–H and O–H groups in total. The molecular weight excluding hydrogens is 172 g/mol. The van der Waals surface area contributed by atoms with E-state index in [1.807, 2.05) is 0 Å². The van der Waals surface area contributed by atoms with Gasteiger partial charge in [0.15, 0.2) is 6.29 Å². The molecule has 1 rings (SSSR count). The highest BCUT2D eigenvalue weighted by Crippen LogP contribution is 2.12. The highest BCUT2D eigenvalue weighted by atomic mass is 16.5. The van der Waals surface area contributed by atoms with Crippen molar-refractivity contribution in [1.29, 1.82) is 0 Å². The fourth-order valence-corrected chi connectivity index (χ4v) is 0.951. The molecule has 1 aromatic rings. The molecule has 13 heavy (non-hydrogen) atoms. The Balaban J connectivity index is 3.18. The Morgan fingerprint density at radius 1 is 1.54 bits per heavy atom. The van der Waals surface area contributed by atoms with Crippen LogP contribution in [0.2, 0.25) is 0 Å². The first kappa shape index (κ1) is 9.44. The summed E-state index contributed by atoms with van der Waals surface area (Å²) in [6.07, 6.45) is 0.483. The van der Waals surface area contributed by atoms with Crippen molar-refractivity contribution in [3.8, 4) is 0 Å². The molecule has 0 radical (unpaired) electrons. The summed E-state index contributed by atoms with van der Waals surface area (Å²) in [7, 11) is 3.20. The fourth-order valence-electron chi connectivity index (χ4n) is 0.951. The third-order valence-electron chi connectivity index (χ3n) is 1.62. The van der Waals surface area contributed by atoms with Gasteiger partial charge in [-0.3, -0.25) is 9.59 Å². The Bertz CT molecular complexity index is 341. The first-order valence-electron chi connectivity index (χ1n) is 3.71. The molecule has 0 aromatic carbocycles. The lowest BCUT2D eigenvalue weighted by molar-refractivity contribution is 0.0821. The lowest BCUT2D eigenvalue weighted by Gasteiger charge is -2.08.